The van der Waals surface area contributed by atoms with E-state index < -0.39 is 22.4 Å². The molecule has 0 atom stereocenters. The molecule has 0 unspecified atom stereocenters. The molecule has 4 nitrogen and oxygen atoms in total. The van der Waals surface area contributed by atoms with Gasteiger partial charge in [0, 0.05) is 12.1 Å². The summed E-state index contributed by atoms with van der Waals surface area (Å²) >= 11 is 5.61. The van der Waals surface area contributed by atoms with Crippen LogP contribution in [0, 0.1) is 18.2 Å². The maximum absolute atomic E-state index is 13.5. The zero-order chi connectivity index (χ0) is 14.6. The number of hydrogen-bond donors (Lipinski definition) is 1. The second-order valence-corrected chi connectivity index (χ2v) is 5.99. The van der Waals surface area contributed by atoms with E-state index in [4.69, 9.17) is 23.1 Å². The van der Waals surface area contributed by atoms with Crippen molar-refractivity contribution in [1.82, 2.24) is 4.31 Å². The van der Waals surface area contributed by atoms with Gasteiger partial charge in [0.1, 0.15) is 5.82 Å². The molecule has 104 valence electrons. The standard InChI is InChI=1S/C12H13ClFNO3S/c1-3-5-15(4-2)19(17,18)10-6-9(8-16)12(13)11(14)7-10/h1,6-7,16H,4-5,8H2,2H3. The van der Waals surface area contributed by atoms with E-state index in [1.807, 2.05) is 0 Å². The minimum Gasteiger partial charge on any atom is -0.392 e. The fraction of sp³-hybridized carbons (Fsp3) is 0.333. The lowest BCUT2D eigenvalue weighted by atomic mass is 10.2. The molecule has 1 aromatic rings. The molecule has 7 heteroatoms. The molecule has 1 N–H and O–H groups in total. The van der Waals surface area contributed by atoms with Crippen LogP contribution < -0.4 is 0 Å². The number of halogens is 2. The van der Waals surface area contributed by atoms with Gasteiger partial charge in [-0.2, -0.15) is 4.31 Å². The molecule has 0 radical (unpaired) electrons. The van der Waals surface area contributed by atoms with Crippen LogP contribution in [0.4, 0.5) is 4.39 Å². The predicted octanol–water partition coefficient (Wildman–Crippen LogP) is 1.62. The average Bonchev–Trinajstić information content (AvgIpc) is 2.38. The number of sulfonamides is 1. The van der Waals surface area contributed by atoms with Crippen LogP contribution >= 0.6 is 11.6 Å². The first-order valence-electron chi connectivity index (χ1n) is 5.40. The molecule has 1 aromatic carbocycles. The average molecular weight is 306 g/mol. The molecule has 0 saturated carbocycles. The van der Waals surface area contributed by atoms with Crippen molar-refractivity contribution in [1.29, 1.82) is 0 Å². The van der Waals surface area contributed by atoms with E-state index in [-0.39, 0.29) is 28.6 Å². The highest BCUT2D eigenvalue weighted by Crippen LogP contribution is 2.26. The summed E-state index contributed by atoms with van der Waals surface area (Å²) in [6.07, 6.45) is 5.10. The van der Waals surface area contributed by atoms with Crippen molar-refractivity contribution in [3.05, 3.63) is 28.5 Å². The minimum atomic E-state index is -3.90. The Hall–Kier alpha value is -1.13. The van der Waals surface area contributed by atoms with E-state index in [9.17, 15) is 12.8 Å². The van der Waals surface area contributed by atoms with Crippen molar-refractivity contribution in [3.8, 4) is 12.3 Å². The van der Waals surface area contributed by atoms with E-state index in [1.165, 1.54) is 0 Å². The molecular weight excluding hydrogens is 293 g/mol. The van der Waals surface area contributed by atoms with Gasteiger partial charge in [-0.15, -0.1) is 6.42 Å². The molecule has 0 fully saturated rings. The van der Waals surface area contributed by atoms with E-state index in [0.717, 1.165) is 16.4 Å². The van der Waals surface area contributed by atoms with Crippen LogP contribution in [0.2, 0.25) is 5.02 Å². The van der Waals surface area contributed by atoms with Crippen LogP contribution in [0.15, 0.2) is 17.0 Å². The predicted molar refractivity (Wildman–Crippen MR) is 70.6 cm³/mol. The third-order valence-corrected chi connectivity index (χ3v) is 4.83. The van der Waals surface area contributed by atoms with Gasteiger partial charge in [-0.1, -0.05) is 24.4 Å². The Kier molecular flexibility index (Phi) is 5.32. The zero-order valence-corrected chi connectivity index (χ0v) is 11.8. The van der Waals surface area contributed by atoms with Crippen molar-refractivity contribution in [2.24, 2.45) is 0 Å². The minimum absolute atomic E-state index is 0.0111. The summed E-state index contributed by atoms with van der Waals surface area (Å²) in [7, 11) is -3.90. The van der Waals surface area contributed by atoms with Crippen LogP contribution in [0.3, 0.4) is 0 Å². The molecule has 0 amide bonds. The van der Waals surface area contributed by atoms with Gasteiger partial charge in [0.2, 0.25) is 10.0 Å². The molecule has 0 aliphatic heterocycles. The van der Waals surface area contributed by atoms with Crippen molar-refractivity contribution in [2.45, 2.75) is 18.4 Å². The lowest BCUT2D eigenvalue weighted by Crippen LogP contribution is -2.31. The number of rotatable bonds is 5. The summed E-state index contributed by atoms with van der Waals surface area (Å²) < 4.78 is 39.0. The highest BCUT2D eigenvalue weighted by atomic mass is 35.5. The van der Waals surface area contributed by atoms with Crippen LogP contribution in [-0.4, -0.2) is 30.9 Å². The molecule has 0 saturated heterocycles. The van der Waals surface area contributed by atoms with Crippen LogP contribution in [0.25, 0.3) is 0 Å². The highest BCUT2D eigenvalue weighted by molar-refractivity contribution is 7.89. The Labute approximate surface area is 116 Å². The summed E-state index contributed by atoms with van der Waals surface area (Å²) in [6, 6.07) is 1.95. The Morgan fingerprint density at radius 3 is 2.63 bits per heavy atom. The van der Waals surface area contributed by atoms with Gasteiger partial charge in [0.25, 0.3) is 0 Å². The summed E-state index contributed by atoms with van der Waals surface area (Å²) in [5.41, 5.74) is 0.0111. The van der Waals surface area contributed by atoms with Crippen molar-refractivity contribution < 1.29 is 17.9 Å². The van der Waals surface area contributed by atoms with Gasteiger partial charge < -0.3 is 5.11 Å². The first-order valence-corrected chi connectivity index (χ1v) is 7.22. The van der Waals surface area contributed by atoms with Gasteiger partial charge in [-0.3, -0.25) is 0 Å². The second-order valence-electron chi connectivity index (χ2n) is 3.67. The van der Waals surface area contributed by atoms with Gasteiger partial charge >= 0.3 is 0 Å². The van der Waals surface area contributed by atoms with Crippen LogP contribution in [0.1, 0.15) is 12.5 Å². The van der Waals surface area contributed by atoms with Crippen molar-refractivity contribution in [2.75, 3.05) is 13.1 Å². The number of benzene rings is 1. The molecule has 0 spiro atoms. The smallest absolute Gasteiger partial charge is 0.244 e. The number of hydrogen-bond acceptors (Lipinski definition) is 3. The molecule has 0 aromatic heterocycles. The highest BCUT2D eigenvalue weighted by Gasteiger charge is 2.24. The third kappa shape index (κ3) is 3.25. The van der Waals surface area contributed by atoms with Crippen molar-refractivity contribution in [3.63, 3.8) is 0 Å². The summed E-state index contributed by atoms with van der Waals surface area (Å²) in [4.78, 5) is -0.282. The first-order chi connectivity index (χ1) is 8.88. The third-order valence-electron chi connectivity index (χ3n) is 2.51. The van der Waals surface area contributed by atoms with E-state index in [2.05, 4.69) is 5.92 Å². The molecule has 0 bridgehead atoms. The lowest BCUT2D eigenvalue weighted by molar-refractivity contribution is 0.281. The van der Waals surface area contributed by atoms with Crippen molar-refractivity contribution >= 4 is 21.6 Å². The Morgan fingerprint density at radius 1 is 1.53 bits per heavy atom. The van der Waals surface area contributed by atoms with Crippen LogP contribution in [-0.2, 0) is 16.6 Å². The quantitative estimate of drug-likeness (QED) is 0.841. The van der Waals surface area contributed by atoms with Crippen LogP contribution in [0.5, 0.6) is 0 Å². The van der Waals surface area contributed by atoms with E-state index in [0.29, 0.717) is 0 Å². The molecular formula is C12H13ClFNO3S. The Morgan fingerprint density at radius 2 is 2.16 bits per heavy atom. The van der Waals surface area contributed by atoms with Gasteiger partial charge in [-0.05, 0) is 12.1 Å². The summed E-state index contributed by atoms with van der Waals surface area (Å²) in [6.45, 7) is 1.11. The van der Waals surface area contributed by atoms with Gasteiger partial charge in [0.15, 0.2) is 0 Å². The Balaban J connectivity index is 3.37. The van der Waals surface area contributed by atoms with Gasteiger partial charge in [-0.25, -0.2) is 12.8 Å². The summed E-state index contributed by atoms with van der Waals surface area (Å²) in [5, 5.41) is 8.75. The molecule has 0 aliphatic carbocycles. The maximum atomic E-state index is 13.5. The number of terminal acetylenes is 1. The molecule has 19 heavy (non-hydrogen) atoms. The molecule has 1 rings (SSSR count). The fourth-order valence-corrected chi connectivity index (χ4v) is 3.10. The molecule has 0 aliphatic rings. The zero-order valence-electron chi connectivity index (χ0n) is 10.2. The normalized spacial score (nSPS) is 11.6. The number of nitrogens with zero attached hydrogens (tertiary/aromatic N) is 1. The molecule has 0 heterocycles. The SMILES string of the molecule is C#CCN(CC)S(=O)(=O)c1cc(F)c(Cl)c(CO)c1. The monoisotopic (exact) mass is 305 g/mol. The number of aliphatic hydroxyl groups excluding tert-OH is 1. The lowest BCUT2D eigenvalue weighted by Gasteiger charge is -2.18. The number of aliphatic hydroxyl groups is 1. The van der Waals surface area contributed by atoms with Gasteiger partial charge in [0.05, 0.1) is 23.1 Å². The topological polar surface area (TPSA) is 57.6 Å². The second kappa shape index (κ2) is 6.35. The largest absolute Gasteiger partial charge is 0.392 e. The van der Waals surface area contributed by atoms with E-state index >= 15 is 0 Å². The fourth-order valence-electron chi connectivity index (χ4n) is 1.50. The Bertz CT molecular complexity index is 610. The summed E-state index contributed by atoms with van der Waals surface area (Å²) in [5.74, 6) is 1.33. The first kappa shape index (κ1) is 15.9. The maximum Gasteiger partial charge on any atom is 0.244 e. The van der Waals surface area contributed by atoms with E-state index in [1.54, 1.807) is 6.92 Å².